The van der Waals surface area contributed by atoms with Gasteiger partial charge < -0.3 is 0 Å². The minimum absolute atomic E-state index is 0.404. The van der Waals surface area contributed by atoms with Crippen molar-refractivity contribution >= 4 is 5.78 Å². The van der Waals surface area contributed by atoms with Gasteiger partial charge in [0.15, 0.2) is 0 Å². The number of unbranched alkanes of at least 4 members (excludes halogenated alkanes) is 1. The predicted molar refractivity (Wildman–Crippen MR) is 41.8 cm³/mol. The molecule has 1 nitrogen and oxygen atoms in total. The number of carbonyl (C=O) groups excluding carboxylic acids is 1. The normalized spacial score (nSPS) is 30.2. The Hall–Kier alpha value is -0.330. The van der Waals surface area contributed by atoms with Gasteiger partial charge in [-0.2, -0.15) is 0 Å². The lowest BCUT2D eigenvalue weighted by molar-refractivity contribution is -0.118. The summed E-state index contributed by atoms with van der Waals surface area (Å²) in [6.07, 6.45) is 5.02. The fourth-order valence-electron chi connectivity index (χ4n) is 1.53. The van der Waals surface area contributed by atoms with Crippen LogP contribution in [0.25, 0.3) is 0 Å². The summed E-state index contributed by atoms with van der Waals surface area (Å²) >= 11 is 0. The highest BCUT2D eigenvalue weighted by Gasteiger charge is 2.39. The van der Waals surface area contributed by atoms with Gasteiger partial charge in [0.1, 0.15) is 5.78 Å². The molecule has 10 heavy (non-hydrogen) atoms. The Morgan fingerprint density at radius 1 is 1.60 bits per heavy atom. The van der Waals surface area contributed by atoms with E-state index in [0.29, 0.717) is 11.7 Å². The number of hydrogen-bond donors (Lipinski definition) is 0. The van der Waals surface area contributed by atoms with E-state index in [1.165, 1.54) is 25.7 Å². The summed E-state index contributed by atoms with van der Waals surface area (Å²) in [6, 6.07) is 0. The van der Waals surface area contributed by atoms with Crippen LogP contribution in [0.5, 0.6) is 0 Å². The van der Waals surface area contributed by atoms with Crippen LogP contribution in [0.15, 0.2) is 0 Å². The summed E-state index contributed by atoms with van der Waals surface area (Å²) in [5, 5.41) is 0. The van der Waals surface area contributed by atoms with E-state index in [0.717, 1.165) is 5.92 Å². The summed E-state index contributed by atoms with van der Waals surface area (Å²) in [7, 11) is 0. The Balaban J connectivity index is 2.08. The monoisotopic (exact) mass is 140 g/mol. The molecule has 0 aromatic carbocycles. The molecule has 0 saturated heterocycles. The summed E-state index contributed by atoms with van der Waals surface area (Å²) in [5.74, 6) is 1.62. The Bertz CT molecular complexity index is 129. The maximum Gasteiger partial charge on any atom is 0.133 e. The average Bonchev–Trinajstić information content (AvgIpc) is 2.62. The molecule has 0 N–H and O–H groups in total. The number of hydrogen-bond acceptors (Lipinski definition) is 1. The van der Waals surface area contributed by atoms with Gasteiger partial charge in [-0.3, -0.25) is 4.79 Å². The van der Waals surface area contributed by atoms with Gasteiger partial charge >= 0.3 is 0 Å². The number of rotatable bonds is 4. The molecule has 1 aliphatic carbocycles. The molecule has 2 atom stereocenters. The fourth-order valence-corrected chi connectivity index (χ4v) is 1.53. The van der Waals surface area contributed by atoms with Crippen molar-refractivity contribution in [1.29, 1.82) is 0 Å². The summed E-state index contributed by atoms with van der Waals surface area (Å²) < 4.78 is 0. The first-order valence-electron chi connectivity index (χ1n) is 4.26. The van der Waals surface area contributed by atoms with Crippen molar-refractivity contribution in [2.75, 3.05) is 0 Å². The molecular weight excluding hydrogens is 124 g/mol. The lowest BCUT2D eigenvalue weighted by Gasteiger charge is -1.93. The van der Waals surface area contributed by atoms with Crippen LogP contribution in [-0.4, -0.2) is 5.78 Å². The standard InChI is InChI=1S/C9H16O/c1-3-4-5-8-6-9(8)7(2)10/h8-9H,3-6H2,1-2H3. The van der Waals surface area contributed by atoms with Crippen molar-refractivity contribution in [3.8, 4) is 0 Å². The lowest BCUT2D eigenvalue weighted by Crippen LogP contribution is -1.94. The van der Waals surface area contributed by atoms with Crippen LogP contribution in [0.4, 0.5) is 0 Å². The first-order valence-corrected chi connectivity index (χ1v) is 4.26. The molecule has 0 bridgehead atoms. The molecule has 1 saturated carbocycles. The summed E-state index contributed by atoms with van der Waals surface area (Å²) in [5.41, 5.74) is 0. The quantitative estimate of drug-likeness (QED) is 0.586. The molecule has 0 heterocycles. The van der Waals surface area contributed by atoms with Crippen LogP contribution in [0.3, 0.4) is 0 Å². The van der Waals surface area contributed by atoms with E-state index >= 15 is 0 Å². The third-order valence-electron chi connectivity index (χ3n) is 2.37. The maximum absolute atomic E-state index is 10.8. The van der Waals surface area contributed by atoms with Gasteiger partial charge in [0.05, 0.1) is 0 Å². The Morgan fingerprint density at radius 3 is 2.70 bits per heavy atom. The highest BCUT2D eigenvalue weighted by Crippen LogP contribution is 2.42. The van der Waals surface area contributed by atoms with Gasteiger partial charge in [-0.25, -0.2) is 0 Å². The number of ketones is 1. The number of Topliss-reactive ketones (excluding diaryl/α,β-unsaturated/α-hetero) is 1. The van der Waals surface area contributed by atoms with Crippen molar-refractivity contribution in [1.82, 2.24) is 0 Å². The lowest BCUT2D eigenvalue weighted by atomic mass is 10.1. The zero-order chi connectivity index (χ0) is 7.56. The Labute approximate surface area is 62.8 Å². The van der Waals surface area contributed by atoms with Gasteiger partial charge in [0, 0.05) is 5.92 Å². The first kappa shape index (κ1) is 7.77. The van der Waals surface area contributed by atoms with Crippen LogP contribution in [0, 0.1) is 11.8 Å². The third kappa shape index (κ3) is 1.83. The predicted octanol–water partition coefficient (Wildman–Crippen LogP) is 2.40. The maximum atomic E-state index is 10.8. The van der Waals surface area contributed by atoms with Crippen LogP contribution < -0.4 is 0 Å². The average molecular weight is 140 g/mol. The van der Waals surface area contributed by atoms with Gasteiger partial charge in [0.25, 0.3) is 0 Å². The SMILES string of the molecule is CCCCC1CC1C(C)=O. The van der Waals surface area contributed by atoms with Crippen molar-refractivity contribution in [2.45, 2.75) is 39.5 Å². The molecule has 0 aromatic rings. The Morgan fingerprint density at radius 2 is 2.30 bits per heavy atom. The van der Waals surface area contributed by atoms with E-state index in [9.17, 15) is 4.79 Å². The first-order chi connectivity index (χ1) is 4.75. The van der Waals surface area contributed by atoms with E-state index in [1.807, 2.05) is 0 Å². The van der Waals surface area contributed by atoms with Crippen molar-refractivity contribution < 1.29 is 4.79 Å². The van der Waals surface area contributed by atoms with E-state index in [1.54, 1.807) is 6.92 Å². The molecule has 0 aromatic heterocycles. The van der Waals surface area contributed by atoms with Crippen LogP contribution >= 0.6 is 0 Å². The molecular formula is C9H16O. The van der Waals surface area contributed by atoms with Crippen LogP contribution in [0.2, 0.25) is 0 Å². The fraction of sp³-hybridized carbons (Fsp3) is 0.889. The minimum atomic E-state index is 0.404. The van der Waals surface area contributed by atoms with E-state index in [-0.39, 0.29) is 0 Å². The molecule has 1 fully saturated rings. The highest BCUT2D eigenvalue weighted by atomic mass is 16.1. The van der Waals surface area contributed by atoms with Gasteiger partial charge in [0.2, 0.25) is 0 Å². The molecule has 0 amide bonds. The minimum Gasteiger partial charge on any atom is -0.300 e. The Kier molecular flexibility index (Phi) is 2.47. The zero-order valence-corrected chi connectivity index (χ0v) is 6.89. The molecule has 1 aliphatic rings. The van der Waals surface area contributed by atoms with Crippen molar-refractivity contribution in [3.63, 3.8) is 0 Å². The van der Waals surface area contributed by atoms with E-state index in [2.05, 4.69) is 6.92 Å². The molecule has 0 aliphatic heterocycles. The second-order valence-corrected chi connectivity index (χ2v) is 3.36. The summed E-state index contributed by atoms with van der Waals surface area (Å²) in [6.45, 7) is 3.92. The highest BCUT2D eigenvalue weighted by molar-refractivity contribution is 5.81. The van der Waals surface area contributed by atoms with Crippen LogP contribution in [0.1, 0.15) is 39.5 Å². The molecule has 1 rings (SSSR count). The van der Waals surface area contributed by atoms with Crippen molar-refractivity contribution in [2.24, 2.45) is 11.8 Å². The van der Waals surface area contributed by atoms with Gasteiger partial charge in [-0.15, -0.1) is 0 Å². The van der Waals surface area contributed by atoms with Gasteiger partial charge in [-0.05, 0) is 25.7 Å². The van der Waals surface area contributed by atoms with Crippen LogP contribution in [-0.2, 0) is 4.79 Å². The van der Waals surface area contributed by atoms with Crippen molar-refractivity contribution in [3.05, 3.63) is 0 Å². The number of carbonyl (C=O) groups is 1. The largest absolute Gasteiger partial charge is 0.300 e. The topological polar surface area (TPSA) is 17.1 Å². The molecule has 58 valence electrons. The summed E-state index contributed by atoms with van der Waals surface area (Å²) in [4.78, 5) is 10.8. The van der Waals surface area contributed by atoms with E-state index in [4.69, 9.17) is 0 Å². The third-order valence-corrected chi connectivity index (χ3v) is 2.37. The second kappa shape index (κ2) is 3.18. The molecule has 1 heteroatoms. The molecule has 0 spiro atoms. The smallest absolute Gasteiger partial charge is 0.133 e. The zero-order valence-electron chi connectivity index (χ0n) is 6.89. The molecule has 0 radical (unpaired) electrons. The molecule has 2 unspecified atom stereocenters. The van der Waals surface area contributed by atoms with E-state index < -0.39 is 0 Å². The van der Waals surface area contributed by atoms with Gasteiger partial charge in [-0.1, -0.05) is 19.8 Å². The second-order valence-electron chi connectivity index (χ2n) is 3.36.